The van der Waals surface area contributed by atoms with Gasteiger partial charge in [-0.1, -0.05) is 19.8 Å². The average Bonchev–Trinajstić information content (AvgIpc) is 2.15. The van der Waals surface area contributed by atoms with E-state index in [-0.39, 0.29) is 12.6 Å². The van der Waals surface area contributed by atoms with Gasteiger partial charge in [0.2, 0.25) is 0 Å². The molecular formula is C9H16N2O2. The molecule has 1 saturated heterocycles. The molecule has 4 heteroatoms. The summed E-state index contributed by atoms with van der Waals surface area (Å²) in [5.41, 5.74) is 0. The van der Waals surface area contributed by atoms with Crippen LogP contribution in [0.25, 0.3) is 0 Å². The smallest absolute Gasteiger partial charge is 0.309 e. The summed E-state index contributed by atoms with van der Waals surface area (Å²) < 4.78 is 4.67. The molecule has 4 nitrogen and oxygen atoms in total. The standard InChI is InChI=1S/C9H16N2O2/c1-2-3-4-9-7-11(12,8-10)5-6-13-9/h9H,2-7H2,1H3. The molecule has 1 fully saturated rings. The van der Waals surface area contributed by atoms with Crippen molar-refractivity contribution in [2.75, 3.05) is 19.7 Å². The first-order valence-corrected chi connectivity index (χ1v) is 4.81. The van der Waals surface area contributed by atoms with Gasteiger partial charge < -0.3 is 9.94 Å². The fourth-order valence-corrected chi connectivity index (χ4v) is 1.54. The SMILES string of the molecule is CCCCC1C[N+]([O-])(C#N)CCO1. The molecule has 1 aliphatic rings. The minimum Gasteiger partial charge on any atom is -0.617 e. The Morgan fingerprint density at radius 1 is 1.69 bits per heavy atom. The number of rotatable bonds is 3. The van der Waals surface area contributed by atoms with E-state index in [0.717, 1.165) is 19.3 Å². The van der Waals surface area contributed by atoms with Gasteiger partial charge in [0.25, 0.3) is 0 Å². The van der Waals surface area contributed by atoms with Gasteiger partial charge in [0, 0.05) is 0 Å². The highest BCUT2D eigenvalue weighted by molar-refractivity contribution is 4.69. The van der Waals surface area contributed by atoms with E-state index in [1.54, 1.807) is 6.19 Å². The second kappa shape index (κ2) is 4.56. The van der Waals surface area contributed by atoms with Crippen molar-refractivity contribution in [3.8, 4) is 6.19 Å². The van der Waals surface area contributed by atoms with Gasteiger partial charge in [0.1, 0.15) is 19.2 Å². The minimum absolute atomic E-state index is 0.00847. The van der Waals surface area contributed by atoms with Crippen LogP contribution in [0.5, 0.6) is 0 Å². The van der Waals surface area contributed by atoms with Crippen LogP contribution < -0.4 is 0 Å². The third-order valence-corrected chi connectivity index (χ3v) is 2.37. The first-order valence-electron chi connectivity index (χ1n) is 4.81. The summed E-state index contributed by atoms with van der Waals surface area (Å²) in [6.07, 6.45) is 4.85. The van der Waals surface area contributed by atoms with Crippen LogP contribution in [-0.4, -0.2) is 30.4 Å². The highest BCUT2D eigenvalue weighted by Crippen LogP contribution is 2.16. The fourth-order valence-electron chi connectivity index (χ4n) is 1.54. The Labute approximate surface area is 78.9 Å². The molecule has 2 unspecified atom stereocenters. The van der Waals surface area contributed by atoms with Crippen molar-refractivity contribution < 1.29 is 9.38 Å². The number of nitrogens with zero attached hydrogens (tertiary/aromatic N) is 2. The van der Waals surface area contributed by atoms with Crippen molar-refractivity contribution >= 4 is 0 Å². The molecular weight excluding hydrogens is 168 g/mol. The topological polar surface area (TPSA) is 56.1 Å². The summed E-state index contributed by atoms with van der Waals surface area (Å²) in [5, 5.41) is 20.2. The van der Waals surface area contributed by atoms with E-state index >= 15 is 0 Å². The summed E-state index contributed by atoms with van der Waals surface area (Å²) in [6, 6.07) is 0. The fraction of sp³-hybridized carbons (Fsp3) is 0.889. The summed E-state index contributed by atoms with van der Waals surface area (Å²) in [7, 11) is 0. The van der Waals surface area contributed by atoms with Crippen molar-refractivity contribution in [1.29, 1.82) is 5.26 Å². The number of unbranched alkanes of at least 4 members (excludes halogenated alkanes) is 1. The Morgan fingerprint density at radius 2 is 2.46 bits per heavy atom. The van der Waals surface area contributed by atoms with Gasteiger partial charge in [-0.25, -0.2) is 0 Å². The van der Waals surface area contributed by atoms with Crippen LogP contribution in [0.4, 0.5) is 0 Å². The summed E-state index contributed by atoms with van der Waals surface area (Å²) >= 11 is 0. The predicted molar refractivity (Wildman–Crippen MR) is 48.2 cm³/mol. The second-order valence-corrected chi connectivity index (χ2v) is 3.53. The monoisotopic (exact) mass is 184 g/mol. The van der Waals surface area contributed by atoms with Crippen LogP contribution in [0.15, 0.2) is 0 Å². The molecule has 1 aliphatic heterocycles. The van der Waals surface area contributed by atoms with E-state index in [1.165, 1.54) is 0 Å². The van der Waals surface area contributed by atoms with Crippen LogP contribution in [0, 0.1) is 16.7 Å². The third kappa shape index (κ3) is 2.96. The molecule has 1 rings (SSSR count). The first-order chi connectivity index (χ1) is 6.20. The van der Waals surface area contributed by atoms with Gasteiger partial charge in [-0.15, -0.1) is 5.26 Å². The molecule has 0 N–H and O–H groups in total. The lowest BCUT2D eigenvalue weighted by atomic mass is 10.1. The molecule has 0 spiro atoms. The molecule has 0 bridgehead atoms. The van der Waals surface area contributed by atoms with Gasteiger partial charge in [-0.3, -0.25) is 4.65 Å². The number of quaternary nitrogens is 1. The Kier molecular flexibility index (Phi) is 3.67. The molecule has 0 aromatic carbocycles. The summed E-state index contributed by atoms with van der Waals surface area (Å²) in [5.74, 6) is 0. The quantitative estimate of drug-likeness (QED) is 0.378. The van der Waals surface area contributed by atoms with E-state index in [2.05, 4.69) is 6.92 Å². The van der Waals surface area contributed by atoms with Crippen LogP contribution in [0.1, 0.15) is 26.2 Å². The molecule has 0 aromatic heterocycles. The van der Waals surface area contributed by atoms with Crippen LogP contribution >= 0.6 is 0 Å². The average molecular weight is 184 g/mol. The maximum Gasteiger partial charge on any atom is 0.309 e. The molecule has 0 amide bonds. The van der Waals surface area contributed by atoms with E-state index < -0.39 is 4.65 Å². The summed E-state index contributed by atoms with van der Waals surface area (Å²) in [4.78, 5) is 0. The highest BCUT2D eigenvalue weighted by Gasteiger charge is 2.28. The molecule has 0 aliphatic carbocycles. The maximum atomic E-state index is 11.6. The number of hydrogen-bond acceptors (Lipinski definition) is 3. The van der Waals surface area contributed by atoms with Gasteiger partial charge in [-0.05, 0) is 6.42 Å². The lowest BCUT2D eigenvalue weighted by Crippen LogP contribution is -2.50. The Bertz CT molecular complexity index is 202. The van der Waals surface area contributed by atoms with Gasteiger partial charge in [0.05, 0.1) is 6.61 Å². The zero-order valence-corrected chi connectivity index (χ0v) is 8.03. The van der Waals surface area contributed by atoms with Crippen molar-refractivity contribution in [2.24, 2.45) is 0 Å². The van der Waals surface area contributed by atoms with Gasteiger partial charge in [0.15, 0.2) is 0 Å². The zero-order chi connectivity index (χ0) is 9.73. The zero-order valence-electron chi connectivity index (χ0n) is 8.03. The number of ether oxygens (including phenoxy) is 1. The predicted octanol–water partition coefficient (Wildman–Crippen LogP) is 1.37. The van der Waals surface area contributed by atoms with E-state index in [4.69, 9.17) is 10.00 Å². The van der Waals surface area contributed by atoms with E-state index in [1.807, 2.05) is 0 Å². The minimum atomic E-state index is -0.742. The third-order valence-electron chi connectivity index (χ3n) is 2.37. The lowest BCUT2D eigenvalue weighted by molar-refractivity contribution is -0.829. The molecule has 0 aromatic rings. The summed E-state index contributed by atoms with van der Waals surface area (Å²) in [6.45, 7) is 3.10. The molecule has 74 valence electrons. The van der Waals surface area contributed by atoms with Crippen LogP contribution in [0.3, 0.4) is 0 Å². The number of nitriles is 1. The number of hydroxylamine groups is 3. The second-order valence-electron chi connectivity index (χ2n) is 3.53. The Hall–Kier alpha value is -0.630. The van der Waals surface area contributed by atoms with Crippen LogP contribution in [0.2, 0.25) is 0 Å². The molecule has 1 heterocycles. The molecule has 0 radical (unpaired) electrons. The van der Waals surface area contributed by atoms with E-state index in [0.29, 0.717) is 13.2 Å². The Morgan fingerprint density at radius 3 is 3.08 bits per heavy atom. The molecule has 0 saturated carbocycles. The normalized spacial score (nSPS) is 34.1. The largest absolute Gasteiger partial charge is 0.617 e. The maximum absolute atomic E-state index is 11.6. The lowest BCUT2D eigenvalue weighted by Gasteiger charge is -2.40. The number of morpholine rings is 1. The van der Waals surface area contributed by atoms with Crippen molar-refractivity contribution in [2.45, 2.75) is 32.3 Å². The molecule has 13 heavy (non-hydrogen) atoms. The van der Waals surface area contributed by atoms with Crippen LogP contribution in [-0.2, 0) is 4.74 Å². The molecule has 2 atom stereocenters. The van der Waals surface area contributed by atoms with Crippen molar-refractivity contribution in [1.82, 2.24) is 0 Å². The Balaban J connectivity index is 2.38. The van der Waals surface area contributed by atoms with Gasteiger partial charge >= 0.3 is 6.19 Å². The highest BCUT2D eigenvalue weighted by atomic mass is 16.6. The van der Waals surface area contributed by atoms with Gasteiger partial charge in [-0.2, -0.15) is 0 Å². The number of hydrogen-bond donors (Lipinski definition) is 0. The van der Waals surface area contributed by atoms with Crippen molar-refractivity contribution in [3.63, 3.8) is 0 Å². The first kappa shape index (κ1) is 10.5. The van der Waals surface area contributed by atoms with Crippen molar-refractivity contribution in [3.05, 3.63) is 5.21 Å². The van der Waals surface area contributed by atoms with E-state index in [9.17, 15) is 5.21 Å².